The smallest absolute Gasteiger partial charge is 0.371 e. The SMILES string of the molecule is CC(C)(C)N1CCC(NCc2ccc(C(F)(F)F)cc2N2CCCC2)CC1. The van der Waals surface area contributed by atoms with Crippen molar-refractivity contribution < 1.29 is 13.2 Å². The number of rotatable bonds is 4. The van der Waals surface area contributed by atoms with Crippen molar-refractivity contribution in [3.63, 3.8) is 0 Å². The Balaban J connectivity index is 1.66. The number of nitrogens with one attached hydrogen (secondary N) is 1. The number of likely N-dealkylation sites (tertiary alicyclic amines) is 1. The molecule has 152 valence electrons. The molecule has 0 amide bonds. The summed E-state index contributed by atoms with van der Waals surface area (Å²) in [5.74, 6) is 0. The molecular weight excluding hydrogens is 351 g/mol. The van der Waals surface area contributed by atoms with E-state index < -0.39 is 11.7 Å². The first-order chi connectivity index (χ1) is 12.6. The number of hydrogen-bond donors (Lipinski definition) is 1. The summed E-state index contributed by atoms with van der Waals surface area (Å²) < 4.78 is 39.5. The molecule has 3 nitrogen and oxygen atoms in total. The van der Waals surface area contributed by atoms with Gasteiger partial charge in [0.25, 0.3) is 0 Å². The van der Waals surface area contributed by atoms with E-state index >= 15 is 0 Å². The topological polar surface area (TPSA) is 18.5 Å². The Hall–Kier alpha value is -1.27. The number of hydrogen-bond acceptors (Lipinski definition) is 3. The van der Waals surface area contributed by atoms with Gasteiger partial charge in [-0.3, -0.25) is 4.90 Å². The molecule has 0 spiro atoms. The summed E-state index contributed by atoms with van der Waals surface area (Å²) in [5.41, 5.74) is 1.37. The summed E-state index contributed by atoms with van der Waals surface area (Å²) in [7, 11) is 0. The van der Waals surface area contributed by atoms with E-state index in [1.165, 1.54) is 12.1 Å². The van der Waals surface area contributed by atoms with E-state index in [0.717, 1.165) is 63.1 Å². The third-order valence-corrected chi connectivity index (χ3v) is 5.88. The highest BCUT2D eigenvalue weighted by Crippen LogP contribution is 2.34. The first-order valence-corrected chi connectivity index (χ1v) is 10.1. The maximum atomic E-state index is 13.2. The highest BCUT2D eigenvalue weighted by Gasteiger charge is 2.32. The van der Waals surface area contributed by atoms with Gasteiger partial charge in [0.1, 0.15) is 0 Å². The molecule has 2 aliphatic rings. The standard InChI is InChI=1S/C21H32F3N3/c1-20(2,3)27-12-8-18(9-13-27)25-15-16-6-7-17(21(22,23)24)14-19(16)26-10-4-5-11-26/h6-7,14,18,25H,4-5,8-13,15H2,1-3H3. The van der Waals surface area contributed by atoms with E-state index in [0.29, 0.717) is 12.6 Å². The maximum absolute atomic E-state index is 13.2. The quantitative estimate of drug-likeness (QED) is 0.816. The van der Waals surface area contributed by atoms with Gasteiger partial charge in [-0.1, -0.05) is 6.07 Å². The Kier molecular flexibility index (Phi) is 6.06. The second kappa shape index (κ2) is 8.00. The monoisotopic (exact) mass is 383 g/mol. The lowest BCUT2D eigenvalue weighted by Crippen LogP contribution is -2.49. The van der Waals surface area contributed by atoms with Crippen LogP contribution in [0.2, 0.25) is 0 Å². The lowest BCUT2D eigenvalue weighted by Gasteiger charge is -2.41. The lowest BCUT2D eigenvalue weighted by molar-refractivity contribution is -0.137. The van der Waals surface area contributed by atoms with Crippen molar-refractivity contribution in [2.75, 3.05) is 31.1 Å². The van der Waals surface area contributed by atoms with E-state index in [-0.39, 0.29) is 5.54 Å². The zero-order valence-electron chi connectivity index (χ0n) is 16.7. The van der Waals surface area contributed by atoms with Crippen LogP contribution in [0.3, 0.4) is 0 Å². The van der Waals surface area contributed by atoms with Gasteiger partial charge in [0.2, 0.25) is 0 Å². The van der Waals surface area contributed by atoms with Crippen molar-refractivity contribution in [3.05, 3.63) is 29.3 Å². The minimum absolute atomic E-state index is 0.196. The average molecular weight is 384 g/mol. The molecule has 6 heteroatoms. The van der Waals surface area contributed by atoms with Gasteiger partial charge in [-0.25, -0.2) is 0 Å². The van der Waals surface area contributed by atoms with E-state index in [4.69, 9.17) is 0 Å². The van der Waals surface area contributed by atoms with Crippen LogP contribution in [0.25, 0.3) is 0 Å². The van der Waals surface area contributed by atoms with Crippen molar-refractivity contribution in [1.82, 2.24) is 10.2 Å². The first-order valence-electron chi connectivity index (χ1n) is 10.1. The van der Waals surface area contributed by atoms with Crippen LogP contribution < -0.4 is 10.2 Å². The Labute approximate surface area is 160 Å². The third-order valence-electron chi connectivity index (χ3n) is 5.88. The third kappa shape index (κ3) is 5.17. The fraction of sp³-hybridized carbons (Fsp3) is 0.714. The number of piperidine rings is 1. The number of nitrogens with zero attached hydrogens (tertiary/aromatic N) is 2. The minimum Gasteiger partial charge on any atom is -0.371 e. The Morgan fingerprint density at radius 3 is 2.19 bits per heavy atom. The molecule has 0 aliphatic carbocycles. The molecule has 1 N–H and O–H groups in total. The Morgan fingerprint density at radius 1 is 1.00 bits per heavy atom. The van der Waals surface area contributed by atoms with E-state index in [1.807, 2.05) is 0 Å². The van der Waals surface area contributed by atoms with Crippen LogP contribution >= 0.6 is 0 Å². The van der Waals surface area contributed by atoms with Crippen molar-refractivity contribution in [2.24, 2.45) is 0 Å². The zero-order valence-corrected chi connectivity index (χ0v) is 16.7. The summed E-state index contributed by atoms with van der Waals surface area (Å²) in [6.45, 7) is 11.2. The van der Waals surface area contributed by atoms with Crippen molar-refractivity contribution in [2.45, 2.75) is 70.8 Å². The molecule has 1 aromatic carbocycles. The van der Waals surface area contributed by atoms with E-state index in [1.54, 1.807) is 6.07 Å². The molecule has 1 aromatic rings. The van der Waals surface area contributed by atoms with Gasteiger partial charge < -0.3 is 10.2 Å². The van der Waals surface area contributed by atoms with Crippen LogP contribution in [0.5, 0.6) is 0 Å². The first kappa shape index (κ1) is 20.5. The van der Waals surface area contributed by atoms with Gasteiger partial charge in [-0.2, -0.15) is 13.2 Å². The predicted molar refractivity (Wildman–Crippen MR) is 104 cm³/mol. The molecule has 3 rings (SSSR count). The summed E-state index contributed by atoms with van der Waals surface area (Å²) in [4.78, 5) is 4.60. The van der Waals surface area contributed by atoms with E-state index in [9.17, 15) is 13.2 Å². The van der Waals surface area contributed by atoms with Crippen LogP contribution in [0.1, 0.15) is 57.6 Å². The van der Waals surface area contributed by atoms with Crippen molar-refractivity contribution in [1.29, 1.82) is 0 Å². The summed E-state index contributed by atoms with van der Waals surface area (Å²) in [5, 5.41) is 3.60. The molecule has 0 unspecified atom stereocenters. The fourth-order valence-corrected chi connectivity index (χ4v) is 4.15. The summed E-state index contributed by atoms with van der Waals surface area (Å²) in [6, 6.07) is 4.65. The highest BCUT2D eigenvalue weighted by molar-refractivity contribution is 5.56. The van der Waals surface area contributed by atoms with Gasteiger partial charge in [0.05, 0.1) is 5.56 Å². The average Bonchev–Trinajstić information content (AvgIpc) is 3.13. The number of halogens is 3. The molecule has 2 aliphatic heterocycles. The van der Waals surface area contributed by atoms with Crippen molar-refractivity contribution in [3.8, 4) is 0 Å². The minimum atomic E-state index is -4.29. The fourth-order valence-electron chi connectivity index (χ4n) is 4.15. The van der Waals surface area contributed by atoms with E-state index in [2.05, 4.69) is 35.9 Å². The molecule has 0 aromatic heterocycles. The summed E-state index contributed by atoms with van der Waals surface area (Å²) >= 11 is 0. The van der Waals surface area contributed by atoms with Gasteiger partial charge in [0, 0.05) is 50.0 Å². The lowest BCUT2D eigenvalue weighted by atomic mass is 9.97. The molecule has 0 bridgehead atoms. The normalized spacial score (nSPS) is 20.4. The molecule has 2 fully saturated rings. The number of anilines is 1. The molecule has 0 atom stereocenters. The Bertz CT molecular complexity index is 623. The zero-order chi connectivity index (χ0) is 19.7. The van der Waals surface area contributed by atoms with Gasteiger partial charge in [-0.05, 0) is 64.2 Å². The van der Waals surface area contributed by atoms with Gasteiger partial charge in [0.15, 0.2) is 0 Å². The summed E-state index contributed by atoms with van der Waals surface area (Å²) in [6.07, 6.45) is -0.0309. The van der Waals surface area contributed by atoms with Crippen LogP contribution in [0.15, 0.2) is 18.2 Å². The second-order valence-corrected chi connectivity index (χ2v) is 8.85. The van der Waals surface area contributed by atoms with Crippen LogP contribution in [-0.4, -0.2) is 42.7 Å². The molecule has 0 radical (unpaired) electrons. The largest absolute Gasteiger partial charge is 0.416 e. The maximum Gasteiger partial charge on any atom is 0.416 e. The molecule has 2 saturated heterocycles. The molecule has 2 heterocycles. The molecule has 27 heavy (non-hydrogen) atoms. The van der Waals surface area contributed by atoms with Crippen LogP contribution in [0, 0.1) is 0 Å². The Morgan fingerprint density at radius 2 is 1.63 bits per heavy atom. The van der Waals surface area contributed by atoms with Gasteiger partial charge >= 0.3 is 6.18 Å². The molecule has 0 saturated carbocycles. The highest BCUT2D eigenvalue weighted by atomic mass is 19.4. The molecular formula is C21H32F3N3. The number of alkyl halides is 3. The van der Waals surface area contributed by atoms with Gasteiger partial charge in [-0.15, -0.1) is 0 Å². The van der Waals surface area contributed by atoms with Crippen LogP contribution in [-0.2, 0) is 12.7 Å². The second-order valence-electron chi connectivity index (χ2n) is 8.85. The van der Waals surface area contributed by atoms with Crippen LogP contribution in [0.4, 0.5) is 18.9 Å². The van der Waals surface area contributed by atoms with Crippen molar-refractivity contribution >= 4 is 5.69 Å². The number of benzene rings is 1. The predicted octanol–water partition coefficient (Wildman–Crippen LogP) is 4.66.